The molecule has 1 saturated carbocycles. The van der Waals surface area contributed by atoms with E-state index in [1.165, 1.54) is 12.8 Å². The van der Waals surface area contributed by atoms with Crippen molar-refractivity contribution in [1.82, 2.24) is 10.6 Å². The summed E-state index contributed by atoms with van der Waals surface area (Å²) in [6.45, 7) is 2.73. The zero-order valence-electron chi connectivity index (χ0n) is 11.7. The average Bonchev–Trinajstić information content (AvgIpc) is 3.31. The largest absolute Gasteiger partial charge is 0.493 e. The van der Waals surface area contributed by atoms with E-state index in [1.807, 2.05) is 24.3 Å². The van der Waals surface area contributed by atoms with Crippen LogP contribution >= 0.6 is 0 Å². The zero-order valence-corrected chi connectivity index (χ0v) is 11.7. The van der Waals surface area contributed by atoms with E-state index in [4.69, 9.17) is 4.74 Å². The van der Waals surface area contributed by atoms with E-state index in [0.29, 0.717) is 5.56 Å². The van der Waals surface area contributed by atoms with Crippen LogP contribution in [-0.2, 0) is 0 Å². The molecule has 1 saturated heterocycles. The lowest BCUT2D eigenvalue weighted by Gasteiger charge is -2.23. The summed E-state index contributed by atoms with van der Waals surface area (Å²) in [7, 11) is 0. The SMILES string of the molecule is O=C(N[C@H]1CCCNC1)c1ccc(OCC2CC2)cc1. The van der Waals surface area contributed by atoms with Gasteiger partial charge in [0.05, 0.1) is 6.61 Å². The van der Waals surface area contributed by atoms with Crippen molar-refractivity contribution in [1.29, 1.82) is 0 Å². The number of rotatable bonds is 5. The number of amides is 1. The number of ether oxygens (including phenoxy) is 1. The second kappa shape index (κ2) is 6.27. The number of carbonyl (C=O) groups is 1. The Morgan fingerprint density at radius 2 is 2.05 bits per heavy atom. The van der Waals surface area contributed by atoms with Crippen LogP contribution in [0.2, 0.25) is 0 Å². The van der Waals surface area contributed by atoms with Gasteiger partial charge in [-0.25, -0.2) is 0 Å². The third-order valence-electron chi connectivity index (χ3n) is 3.93. The molecule has 4 heteroatoms. The minimum atomic E-state index is 0.00689. The molecule has 1 aromatic rings. The molecule has 0 radical (unpaired) electrons. The van der Waals surface area contributed by atoms with Gasteiger partial charge in [0.2, 0.25) is 0 Å². The van der Waals surface area contributed by atoms with E-state index >= 15 is 0 Å². The highest BCUT2D eigenvalue weighted by atomic mass is 16.5. The van der Waals surface area contributed by atoms with Gasteiger partial charge in [0.25, 0.3) is 5.91 Å². The molecule has 0 aromatic heterocycles. The van der Waals surface area contributed by atoms with Gasteiger partial charge in [-0.05, 0) is 62.4 Å². The van der Waals surface area contributed by atoms with Crippen LogP contribution in [0.1, 0.15) is 36.0 Å². The quantitative estimate of drug-likeness (QED) is 0.863. The monoisotopic (exact) mass is 274 g/mol. The Morgan fingerprint density at radius 1 is 1.25 bits per heavy atom. The fraction of sp³-hybridized carbons (Fsp3) is 0.562. The van der Waals surface area contributed by atoms with Gasteiger partial charge in [-0.2, -0.15) is 0 Å². The molecule has 0 unspecified atom stereocenters. The molecular weight excluding hydrogens is 252 g/mol. The average molecular weight is 274 g/mol. The highest BCUT2D eigenvalue weighted by Crippen LogP contribution is 2.29. The van der Waals surface area contributed by atoms with Gasteiger partial charge in [0, 0.05) is 18.2 Å². The van der Waals surface area contributed by atoms with Crippen molar-refractivity contribution in [2.24, 2.45) is 5.92 Å². The van der Waals surface area contributed by atoms with Gasteiger partial charge in [-0.3, -0.25) is 4.79 Å². The van der Waals surface area contributed by atoms with Crippen molar-refractivity contribution in [3.05, 3.63) is 29.8 Å². The van der Waals surface area contributed by atoms with E-state index in [1.54, 1.807) is 0 Å². The van der Waals surface area contributed by atoms with Crippen LogP contribution in [-0.4, -0.2) is 31.6 Å². The van der Waals surface area contributed by atoms with E-state index in [0.717, 1.165) is 44.2 Å². The molecule has 4 nitrogen and oxygen atoms in total. The lowest BCUT2D eigenvalue weighted by Crippen LogP contribution is -2.45. The highest BCUT2D eigenvalue weighted by Gasteiger charge is 2.22. The fourth-order valence-electron chi connectivity index (χ4n) is 2.44. The number of piperidine rings is 1. The number of nitrogens with one attached hydrogen (secondary N) is 2. The number of benzene rings is 1. The zero-order chi connectivity index (χ0) is 13.8. The van der Waals surface area contributed by atoms with Crippen LogP contribution in [0, 0.1) is 5.92 Å². The number of hydrogen-bond donors (Lipinski definition) is 2. The molecular formula is C16H22N2O2. The van der Waals surface area contributed by atoms with Crippen molar-refractivity contribution < 1.29 is 9.53 Å². The summed E-state index contributed by atoms with van der Waals surface area (Å²) in [6.07, 6.45) is 4.76. The Morgan fingerprint density at radius 3 is 2.70 bits per heavy atom. The molecule has 1 aliphatic heterocycles. The van der Waals surface area contributed by atoms with E-state index in [-0.39, 0.29) is 11.9 Å². The highest BCUT2D eigenvalue weighted by molar-refractivity contribution is 5.94. The summed E-state index contributed by atoms with van der Waals surface area (Å²) in [6, 6.07) is 7.70. The Hall–Kier alpha value is -1.55. The molecule has 0 spiro atoms. The minimum absolute atomic E-state index is 0.00689. The van der Waals surface area contributed by atoms with Crippen molar-refractivity contribution in [2.45, 2.75) is 31.7 Å². The van der Waals surface area contributed by atoms with Crippen LogP contribution < -0.4 is 15.4 Å². The van der Waals surface area contributed by atoms with Crippen molar-refractivity contribution in [3.8, 4) is 5.75 Å². The number of hydrogen-bond acceptors (Lipinski definition) is 3. The normalized spacial score (nSPS) is 22.3. The maximum absolute atomic E-state index is 12.1. The minimum Gasteiger partial charge on any atom is -0.493 e. The summed E-state index contributed by atoms with van der Waals surface area (Å²) in [5.74, 6) is 1.61. The van der Waals surface area contributed by atoms with Crippen LogP contribution in [0.4, 0.5) is 0 Å². The number of carbonyl (C=O) groups excluding carboxylic acids is 1. The molecule has 2 fully saturated rings. The summed E-state index contributed by atoms with van der Waals surface area (Å²) in [5.41, 5.74) is 0.703. The summed E-state index contributed by atoms with van der Waals surface area (Å²) in [4.78, 5) is 12.1. The van der Waals surface area contributed by atoms with E-state index in [2.05, 4.69) is 10.6 Å². The summed E-state index contributed by atoms with van der Waals surface area (Å²) < 4.78 is 5.67. The summed E-state index contributed by atoms with van der Waals surface area (Å²) in [5, 5.41) is 6.37. The molecule has 1 aromatic carbocycles. The van der Waals surface area contributed by atoms with Crippen molar-refractivity contribution in [3.63, 3.8) is 0 Å². The van der Waals surface area contributed by atoms with Crippen LogP contribution in [0.15, 0.2) is 24.3 Å². The molecule has 1 amide bonds. The van der Waals surface area contributed by atoms with Crippen molar-refractivity contribution in [2.75, 3.05) is 19.7 Å². The van der Waals surface area contributed by atoms with Gasteiger partial charge >= 0.3 is 0 Å². The second-order valence-corrected chi connectivity index (χ2v) is 5.80. The van der Waals surface area contributed by atoms with Gasteiger partial charge in [-0.15, -0.1) is 0 Å². The molecule has 1 aliphatic carbocycles. The van der Waals surface area contributed by atoms with Gasteiger partial charge in [0.15, 0.2) is 0 Å². The first-order valence-electron chi connectivity index (χ1n) is 7.56. The topological polar surface area (TPSA) is 50.4 Å². The second-order valence-electron chi connectivity index (χ2n) is 5.80. The molecule has 3 rings (SSSR count). The third-order valence-corrected chi connectivity index (χ3v) is 3.93. The molecule has 1 heterocycles. The van der Waals surface area contributed by atoms with E-state index in [9.17, 15) is 4.79 Å². The Labute approximate surface area is 119 Å². The predicted molar refractivity (Wildman–Crippen MR) is 78.0 cm³/mol. The van der Waals surface area contributed by atoms with Gasteiger partial charge in [-0.1, -0.05) is 0 Å². The lowest BCUT2D eigenvalue weighted by atomic mass is 10.1. The van der Waals surface area contributed by atoms with Crippen LogP contribution in [0.3, 0.4) is 0 Å². The fourth-order valence-corrected chi connectivity index (χ4v) is 2.44. The molecule has 108 valence electrons. The third kappa shape index (κ3) is 3.73. The maximum atomic E-state index is 12.1. The van der Waals surface area contributed by atoms with Crippen molar-refractivity contribution >= 4 is 5.91 Å². The van der Waals surface area contributed by atoms with Gasteiger partial charge < -0.3 is 15.4 Å². The molecule has 20 heavy (non-hydrogen) atoms. The van der Waals surface area contributed by atoms with Crippen LogP contribution in [0.5, 0.6) is 5.75 Å². The lowest BCUT2D eigenvalue weighted by molar-refractivity contribution is 0.0930. The maximum Gasteiger partial charge on any atom is 0.251 e. The first kappa shape index (κ1) is 13.4. The predicted octanol–water partition coefficient (Wildman–Crippen LogP) is 1.96. The Kier molecular flexibility index (Phi) is 4.21. The van der Waals surface area contributed by atoms with E-state index < -0.39 is 0 Å². The molecule has 2 N–H and O–H groups in total. The van der Waals surface area contributed by atoms with Gasteiger partial charge in [0.1, 0.15) is 5.75 Å². The Bertz CT molecular complexity index is 448. The first-order chi connectivity index (χ1) is 9.81. The smallest absolute Gasteiger partial charge is 0.251 e. The molecule has 2 aliphatic rings. The first-order valence-corrected chi connectivity index (χ1v) is 7.56. The molecule has 0 bridgehead atoms. The standard InChI is InChI=1S/C16H22N2O2/c19-16(18-14-2-1-9-17-10-14)13-5-7-15(8-6-13)20-11-12-3-4-12/h5-8,12,14,17H,1-4,9-11H2,(H,18,19)/t14-/m0/s1. The molecule has 1 atom stereocenters. The van der Waals surface area contributed by atoms with Crippen LogP contribution in [0.25, 0.3) is 0 Å². The Balaban J connectivity index is 1.51. The summed E-state index contributed by atoms with van der Waals surface area (Å²) >= 11 is 0.